The lowest BCUT2D eigenvalue weighted by atomic mass is 10.3. The Morgan fingerprint density at radius 2 is 2.16 bits per heavy atom. The summed E-state index contributed by atoms with van der Waals surface area (Å²) in [5, 5.41) is 4.23. The van der Waals surface area contributed by atoms with E-state index in [2.05, 4.69) is 51.8 Å². The first-order valence-electron chi connectivity index (χ1n) is 6.34. The highest BCUT2D eigenvalue weighted by molar-refractivity contribution is 9.10. The minimum Gasteiger partial charge on any atom is -0.436 e. The maximum atomic E-state index is 5.71. The number of hydrogen-bond acceptors (Lipinski definition) is 4. The molecule has 0 fully saturated rings. The van der Waals surface area contributed by atoms with Gasteiger partial charge in [0.1, 0.15) is 10.4 Å². The zero-order valence-corrected chi connectivity index (χ0v) is 12.9. The Hall–Kier alpha value is -1.43. The van der Waals surface area contributed by atoms with Crippen molar-refractivity contribution >= 4 is 15.9 Å². The summed E-state index contributed by atoms with van der Waals surface area (Å²) in [6.07, 6.45) is 5.39. The van der Waals surface area contributed by atoms with Crippen molar-refractivity contribution in [2.75, 3.05) is 0 Å². The lowest BCUT2D eigenvalue weighted by Crippen LogP contribution is -2.00. The van der Waals surface area contributed by atoms with Gasteiger partial charge in [0, 0.05) is 18.5 Å². The van der Waals surface area contributed by atoms with Gasteiger partial charge in [-0.2, -0.15) is 10.1 Å². The van der Waals surface area contributed by atoms with Crippen molar-refractivity contribution in [2.45, 2.75) is 39.7 Å². The van der Waals surface area contributed by atoms with Crippen molar-refractivity contribution in [1.29, 1.82) is 0 Å². The zero-order chi connectivity index (χ0) is 13.8. The molecule has 0 amide bonds. The minimum absolute atomic E-state index is 0.310. The second kappa shape index (κ2) is 6.14. The standard InChI is InChI=1S/C13H17BrN4O/c1-4-5-12-16-11(14)6-13(17-12)19-10-7-15-18(8-10)9(2)3/h6-9H,4-5H2,1-3H3. The summed E-state index contributed by atoms with van der Waals surface area (Å²) in [4.78, 5) is 8.68. The van der Waals surface area contributed by atoms with E-state index in [-0.39, 0.29) is 0 Å². The van der Waals surface area contributed by atoms with E-state index in [0.29, 0.717) is 17.7 Å². The van der Waals surface area contributed by atoms with Crippen LogP contribution in [-0.4, -0.2) is 19.7 Å². The molecule has 102 valence electrons. The maximum absolute atomic E-state index is 5.71. The highest BCUT2D eigenvalue weighted by atomic mass is 79.9. The summed E-state index contributed by atoms with van der Waals surface area (Å²) in [5.41, 5.74) is 0. The topological polar surface area (TPSA) is 52.8 Å². The number of aromatic nitrogens is 4. The van der Waals surface area contributed by atoms with Crippen LogP contribution in [0.5, 0.6) is 11.6 Å². The molecule has 0 saturated carbocycles. The number of nitrogens with zero attached hydrogens (tertiary/aromatic N) is 4. The molecule has 2 heterocycles. The Bertz CT molecular complexity index is 553. The second-order valence-corrected chi connectivity index (χ2v) is 5.36. The van der Waals surface area contributed by atoms with Crippen LogP contribution < -0.4 is 4.74 Å². The predicted molar refractivity (Wildman–Crippen MR) is 76.4 cm³/mol. The van der Waals surface area contributed by atoms with Crippen LogP contribution in [0.3, 0.4) is 0 Å². The summed E-state index contributed by atoms with van der Waals surface area (Å²) < 4.78 is 8.29. The van der Waals surface area contributed by atoms with Gasteiger partial charge in [-0.25, -0.2) is 4.98 Å². The lowest BCUT2D eigenvalue weighted by molar-refractivity contribution is 0.454. The van der Waals surface area contributed by atoms with Crippen LogP contribution in [0, 0.1) is 0 Å². The van der Waals surface area contributed by atoms with E-state index in [1.54, 1.807) is 12.3 Å². The molecule has 0 saturated heterocycles. The number of hydrogen-bond donors (Lipinski definition) is 0. The van der Waals surface area contributed by atoms with Crippen molar-refractivity contribution < 1.29 is 4.74 Å². The van der Waals surface area contributed by atoms with E-state index in [9.17, 15) is 0 Å². The summed E-state index contributed by atoms with van der Waals surface area (Å²) in [7, 11) is 0. The molecule has 0 N–H and O–H groups in total. The average molecular weight is 325 g/mol. The number of rotatable bonds is 5. The fourth-order valence-corrected chi connectivity index (χ4v) is 2.01. The van der Waals surface area contributed by atoms with E-state index in [0.717, 1.165) is 23.3 Å². The van der Waals surface area contributed by atoms with E-state index in [1.807, 2.05) is 10.9 Å². The van der Waals surface area contributed by atoms with Gasteiger partial charge in [0.05, 0.1) is 12.4 Å². The molecule has 0 unspecified atom stereocenters. The quantitative estimate of drug-likeness (QED) is 0.786. The smallest absolute Gasteiger partial charge is 0.223 e. The van der Waals surface area contributed by atoms with Gasteiger partial charge >= 0.3 is 0 Å². The maximum Gasteiger partial charge on any atom is 0.223 e. The molecule has 5 nitrogen and oxygen atoms in total. The molecule has 0 atom stereocenters. The molecule has 0 bridgehead atoms. The summed E-state index contributed by atoms with van der Waals surface area (Å²) in [6, 6.07) is 2.07. The average Bonchev–Trinajstić information content (AvgIpc) is 2.77. The fraction of sp³-hybridized carbons (Fsp3) is 0.462. The third-order valence-electron chi connectivity index (χ3n) is 2.52. The van der Waals surface area contributed by atoms with Crippen LogP contribution in [0.15, 0.2) is 23.1 Å². The van der Waals surface area contributed by atoms with Crippen molar-refractivity contribution in [2.24, 2.45) is 0 Å². The lowest BCUT2D eigenvalue weighted by Gasteiger charge is -2.05. The highest BCUT2D eigenvalue weighted by Gasteiger charge is 2.07. The van der Waals surface area contributed by atoms with Crippen molar-refractivity contribution in [3.05, 3.63) is 28.9 Å². The minimum atomic E-state index is 0.310. The number of aryl methyl sites for hydroxylation is 1. The molecule has 6 heteroatoms. The molecule has 2 rings (SSSR count). The largest absolute Gasteiger partial charge is 0.436 e. The Labute approximate surface area is 121 Å². The van der Waals surface area contributed by atoms with Crippen LogP contribution in [0.2, 0.25) is 0 Å². The molecule has 0 aliphatic heterocycles. The van der Waals surface area contributed by atoms with Gasteiger partial charge in [-0.1, -0.05) is 6.92 Å². The molecular formula is C13H17BrN4O. The number of ether oxygens (including phenoxy) is 1. The molecule has 0 aliphatic carbocycles. The summed E-state index contributed by atoms with van der Waals surface area (Å²) in [5.74, 6) is 2.00. The third-order valence-corrected chi connectivity index (χ3v) is 2.93. The molecule has 0 aliphatic rings. The van der Waals surface area contributed by atoms with E-state index in [4.69, 9.17) is 4.74 Å². The van der Waals surface area contributed by atoms with Gasteiger partial charge in [0.2, 0.25) is 5.88 Å². The molecule has 0 radical (unpaired) electrons. The highest BCUT2D eigenvalue weighted by Crippen LogP contribution is 2.22. The van der Waals surface area contributed by atoms with Crippen molar-refractivity contribution in [1.82, 2.24) is 19.7 Å². The van der Waals surface area contributed by atoms with Gasteiger partial charge in [0.25, 0.3) is 0 Å². The molecule has 0 aromatic carbocycles. The van der Waals surface area contributed by atoms with Gasteiger partial charge in [-0.15, -0.1) is 0 Å². The number of halogens is 1. The Balaban J connectivity index is 2.17. The predicted octanol–water partition coefficient (Wildman–Crippen LogP) is 3.76. The normalized spacial score (nSPS) is 11.0. The van der Waals surface area contributed by atoms with E-state index < -0.39 is 0 Å². The Morgan fingerprint density at radius 1 is 1.37 bits per heavy atom. The van der Waals surface area contributed by atoms with E-state index >= 15 is 0 Å². The molecule has 0 spiro atoms. The van der Waals surface area contributed by atoms with Crippen LogP contribution in [0.4, 0.5) is 0 Å². The van der Waals surface area contributed by atoms with Crippen LogP contribution in [-0.2, 0) is 6.42 Å². The molecule has 2 aromatic rings. The van der Waals surface area contributed by atoms with Crippen LogP contribution in [0.25, 0.3) is 0 Å². The molecular weight excluding hydrogens is 308 g/mol. The first-order chi connectivity index (χ1) is 9.08. The molecule has 19 heavy (non-hydrogen) atoms. The SMILES string of the molecule is CCCc1nc(Br)cc(Oc2cnn(C(C)C)c2)n1. The van der Waals surface area contributed by atoms with Crippen molar-refractivity contribution in [3.8, 4) is 11.6 Å². The van der Waals surface area contributed by atoms with E-state index in [1.165, 1.54) is 0 Å². The van der Waals surface area contributed by atoms with Gasteiger partial charge in [-0.05, 0) is 36.2 Å². The zero-order valence-electron chi connectivity index (χ0n) is 11.3. The first-order valence-corrected chi connectivity index (χ1v) is 7.13. The summed E-state index contributed by atoms with van der Waals surface area (Å²) in [6.45, 7) is 6.23. The van der Waals surface area contributed by atoms with Crippen LogP contribution in [0.1, 0.15) is 39.1 Å². The van der Waals surface area contributed by atoms with Gasteiger partial charge < -0.3 is 4.74 Å². The van der Waals surface area contributed by atoms with Crippen molar-refractivity contribution in [3.63, 3.8) is 0 Å². The van der Waals surface area contributed by atoms with Gasteiger partial charge in [-0.3, -0.25) is 4.68 Å². The fourth-order valence-electron chi connectivity index (χ4n) is 1.61. The van der Waals surface area contributed by atoms with Crippen LogP contribution >= 0.6 is 15.9 Å². The van der Waals surface area contributed by atoms with Gasteiger partial charge in [0.15, 0.2) is 5.75 Å². The second-order valence-electron chi connectivity index (χ2n) is 4.55. The summed E-state index contributed by atoms with van der Waals surface area (Å²) >= 11 is 3.37. The third kappa shape index (κ3) is 3.76. The first kappa shape index (κ1) is 14.0. The monoisotopic (exact) mass is 324 g/mol. The molecule has 2 aromatic heterocycles. The Morgan fingerprint density at radius 3 is 2.79 bits per heavy atom. The Kier molecular flexibility index (Phi) is 4.52.